The van der Waals surface area contributed by atoms with Crippen molar-refractivity contribution in [1.29, 1.82) is 0 Å². The van der Waals surface area contributed by atoms with Crippen molar-refractivity contribution in [3.8, 4) is 5.75 Å². The molecule has 17 heavy (non-hydrogen) atoms. The van der Waals surface area contributed by atoms with Crippen LogP contribution in [0.5, 0.6) is 5.75 Å². The van der Waals surface area contributed by atoms with Gasteiger partial charge < -0.3 is 10.4 Å². The first-order valence-corrected chi connectivity index (χ1v) is 6.60. The molecule has 1 aliphatic carbocycles. The van der Waals surface area contributed by atoms with Gasteiger partial charge in [0, 0.05) is 11.1 Å². The van der Waals surface area contributed by atoms with Crippen LogP contribution in [0.25, 0.3) is 0 Å². The topological polar surface area (TPSA) is 49.3 Å². The molecule has 4 heteroatoms. The molecule has 0 spiro atoms. The quantitative estimate of drug-likeness (QED) is 0.880. The van der Waals surface area contributed by atoms with Crippen molar-refractivity contribution in [1.82, 2.24) is 5.32 Å². The van der Waals surface area contributed by atoms with Crippen molar-refractivity contribution < 1.29 is 9.90 Å². The summed E-state index contributed by atoms with van der Waals surface area (Å²) < 4.78 is 0.598. The fraction of sp³-hybridized carbons (Fsp3) is 0.462. The molecule has 1 amide bonds. The van der Waals surface area contributed by atoms with E-state index < -0.39 is 0 Å². The van der Waals surface area contributed by atoms with Gasteiger partial charge in [0.25, 0.3) is 5.91 Å². The second-order valence-electron chi connectivity index (χ2n) is 4.89. The summed E-state index contributed by atoms with van der Waals surface area (Å²) in [7, 11) is 0. The standard InChI is InChI=1S/C13H16BrNO2/c1-13(6-2-3-7-13)15-12(17)9-4-5-10(14)11(16)8-9/h4-5,8,16H,2-3,6-7H2,1H3,(H,15,17). The number of nitrogens with one attached hydrogen (secondary N) is 1. The van der Waals surface area contributed by atoms with Crippen LogP contribution in [0.4, 0.5) is 0 Å². The Morgan fingerprint density at radius 1 is 1.41 bits per heavy atom. The number of benzene rings is 1. The van der Waals surface area contributed by atoms with Crippen LogP contribution < -0.4 is 5.32 Å². The van der Waals surface area contributed by atoms with E-state index in [1.54, 1.807) is 12.1 Å². The molecule has 1 saturated carbocycles. The van der Waals surface area contributed by atoms with Gasteiger partial charge in [0.1, 0.15) is 5.75 Å². The van der Waals surface area contributed by atoms with Crippen molar-refractivity contribution in [3.63, 3.8) is 0 Å². The SMILES string of the molecule is CC1(NC(=O)c2ccc(Br)c(O)c2)CCCC1. The normalized spacial score (nSPS) is 18.0. The van der Waals surface area contributed by atoms with Gasteiger partial charge in [0.2, 0.25) is 0 Å². The maximum absolute atomic E-state index is 12.0. The van der Waals surface area contributed by atoms with E-state index in [0.29, 0.717) is 10.0 Å². The van der Waals surface area contributed by atoms with E-state index in [-0.39, 0.29) is 17.2 Å². The highest BCUT2D eigenvalue weighted by Crippen LogP contribution is 2.30. The zero-order chi connectivity index (χ0) is 12.5. The zero-order valence-electron chi connectivity index (χ0n) is 9.79. The number of aromatic hydroxyl groups is 1. The van der Waals surface area contributed by atoms with E-state index in [0.717, 1.165) is 12.8 Å². The maximum Gasteiger partial charge on any atom is 0.251 e. The summed E-state index contributed by atoms with van der Waals surface area (Å²) in [5.74, 6) is -0.0218. The minimum absolute atomic E-state index is 0.0836. The molecule has 0 radical (unpaired) electrons. The second kappa shape index (κ2) is 4.69. The monoisotopic (exact) mass is 297 g/mol. The van der Waals surface area contributed by atoms with Gasteiger partial charge in [0.05, 0.1) is 4.47 Å². The largest absolute Gasteiger partial charge is 0.507 e. The first-order chi connectivity index (χ1) is 8.00. The third-order valence-electron chi connectivity index (χ3n) is 3.33. The lowest BCUT2D eigenvalue weighted by molar-refractivity contribution is 0.0907. The third kappa shape index (κ3) is 2.80. The summed E-state index contributed by atoms with van der Waals surface area (Å²) >= 11 is 3.20. The highest BCUT2D eigenvalue weighted by atomic mass is 79.9. The van der Waals surface area contributed by atoms with Crippen molar-refractivity contribution in [3.05, 3.63) is 28.2 Å². The Morgan fingerprint density at radius 2 is 2.06 bits per heavy atom. The van der Waals surface area contributed by atoms with Crippen molar-refractivity contribution >= 4 is 21.8 Å². The minimum Gasteiger partial charge on any atom is -0.507 e. The summed E-state index contributed by atoms with van der Waals surface area (Å²) in [5, 5.41) is 12.6. The van der Waals surface area contributed by atoms with Gasteiger partial charge in [-0.3, -0.25) is 4.79 Å². The van der Waals surface area contributed by atoms with Gasteiger partial charge in [-0.15, -0.1) is 0 Å². The summed E-state index contributed by atoms with van der Waals surface area (Å²) in [5.41, 5.74) is 0.415. The molecule has 3 nitrogen and oxygen atoms in total. The van der Waals surface area contributed by atoms with Gasteiger partial charge in [-0.1, -0.05) is 12.8 Å². The van der Waals surface area contributed by atoms with Gasteiger partial charge in [-0.2, -0.15) is 0 Å². The molecule has 1 aliphatic rings. The van der Waals surface area contributed by atoms with Crippen LogP contribution in [0.1, 0.15) is 43.0 Å². The minimum atomic E-state index is -0.114. The lowest BCUT2D eigenvalue weighted by Crippen LogP contribution is -2.43. The molecule has 1 aromatic rings. The van der Waals surface area contributed by atoms with Crippen molar-refractivity contribution in [2.24, 2.45) is 0 Å². The Bertz CT molecular complexity index is 439. The third-order valence-corrected chi connectivity index (χ3v) is 4.00. The Balaban J connectivity index is 2.11. The summed E-state index contributed by atoms with van der Waals surface area (Å²) in [6, 6.07) is 4.87. The number of hydrogen-bond donors (Lipinski definition) is 2. The fourth-order valence-electron chi connectivity index (χ4n) is 2.28. The zero-order valence-corrected chi connectivity index (χ0v) is 11.4. The molecule has 2 rings (SSSR count). The average molecular weight is 298 g/mol. The molecule has 0 atom stereocenters. The molecule has 0 heterocycles. The smallest absolute Gasteiger partial charge is 0.251 e. The number of amides is 1. The van der Waals surface area contributed by atoms with Crippen LogP contribution in [0.15, 0.2) is 22.7 Å². The Morgan fingerprint density at radius 3 is 2.65 bits per heavy atom. The molecular formula is C13H16BrNO2. The predicted octanol–water partition coefficient (Wildman–Crippen LogP) is 3.22. The number of halogens is 1. The molecular weight excluding hydrogens is 282 g/mol. The highest BCUT2D eigenvalue weighted by Gasteiger charge is 2.30. The molecule has 0 unspecified atom stereocenters. The van der Waals surface area contributed by atoms with E-state index in [9.17, 15) is 9.90 Å². The lowest BCUT2D eigenvalue weighted by atomic mass is 10.00. The van der Waals surface area contributed by atoms with Gasteiger partial charge >= 0.3 is 0 Å². The van der Waals surface area contributed by atoms with Crippen molar-refractivity contribution in [2.75, 3.05) is 0 Å². The number of phenols is 1. The average Bonchev–Trinajstić information content (AvgIpc) is 2.69. The van der Waals surface area contributed by atoms with Crippen LogP contribution in [0.2, 0.25) is 0 Å². The Kier molecular flexibility index (Phi) is 3.43. The lowest BCUT2D eigenvalue weighted by Gasteiger charge is -2.25. The number of carbonyl (C=O) groups excluding carboxylic acids is 1. The van der Waals surface area contributed by atoms with Crippen molar-refractivity contribution in [2.45, 2.75) is 38.1 Å². The van der Waals surface area contributed by atoms with E-state index >= 15 is 0 Å². The number of phenolic OH excluding ortho intramolecular Hbond substituents is 1. The highest BCUT2D eigenvalue weighted by molar-refractivity contribution is 9.10. The summed E-state index contributed by atoms with van der Waals surface area (Å²) in [6.45, 7) is 2.08. The van der Waals surface area contributed by atoms with Crippen LogP contribution in [-0.4, -0.2) is 16.6 Å². The molecule has 0 aliphatic heterocycles. The molecule has 92 valence electrons. The number of rotatable bonds is 2. The van der Waals surface area contributed by atoms with Crippen LogP contribution in [-0.2, 0) is 0 Å². The molecule has 0 saturated heterocycles. The van der Waals surface area contributed by atoms with Gasteiger partial charge in [-0.25, -0.2) is 0 Å². The van der Waals surface area contributed by atoms with E-state index in [2.05, 4.69) is 28.2 Å². The second-order valence-corrected chi connectivity index (χ2v) is 5.74. The Hall–Kier alpha value is -1.03. The predicted molar refractivity (Wildman–Crippen MR) is 70.1 cm³/mol. The van der Waals surface area contributed by atoms with Crippen LogP contribution >= 0.6 is 15.9 Å². The van der Waals surface area contributed by atoms with Gasteiger partial charge in [0.15, 0.2) is 0 Å². The molecule has 2 N–H and O–H groups in total. The number of carbonyl (C=O) groups is 1. The first-order valence-electron chi connectivity index (χ1n) is 5.81. The maximum atomic E-state index is 12.0. The molecule has 0 bridgehead atoms. The first kappa shape index (κ1) is 12.4. The summed E-state index contributed by atoms with van der Waals surface area (Å²) in [4.78, 5) is 12.0. The fourth-order valence-corrected chi connectivity index (χ4v) is 2.53. The Labute approximate surface area is 109 Å². The van der Waals surface area contributed by atoms with E-state index in [4.69, 9.17) is 0 Å². The van der Waals surface area contributed by atoms with Gasteiger partial charge in [-0.05, 0) is 53.9 Å². The van der Waals surface area contributed by atoms with E-state index in [1.807, 2.05) is 0 Å². The molecule has 1 aromatic carbocycles. The van der Waals surface area contributed by atoms with Crippen LogP contribution in [0, 0.1) is 0 Å². The number of hydrogen-bond acceptors (Lipinski definition) is 2. The van der Waals surface area contributed by atoms with E-state index in [1.165, 1.54) is 18.9 Å². The summed E-state index contributed by atoms with van der Waals surface area (Å²) in [6.07, 6.45) is 4.40. The molecule has 0 aromatic heterocycles. The van der Waals surface area contributed by atoms with Crippen LogP contribution in [0.3, 0.4) is 0 Å². The molecule has 1 fully saturated rings.